The van der Waals surface area contributed by atoms with Crippen LogP contribution in [0.4, 0.5) is 5.82 Å². The fraction of sp³-hybridized carbons (Fsp3) is 0.583. The molecule has 3 aliphatic rings. The minimum atomic E-state index is -0.648. The molecule has 3 heterocycles. The van der Waals surface area contributed by atoms with Crippen molar-refractivity contribution in [3.05, 3.63) is 41.4 Å². The summed E-state index contributed by atoms with van der Waals surface area (Å²) < 4.78 is 0. The summed E-state index contributed by atoms with van der Waals surface area (Å²) in [7, 11) is 0. The number of aliphatic hydroxyl groups excluding tert-OH is 1. The SMILES string of the molecule is CCCC(=O)N1CC(Nc2cc(C(=O)NC[C@H](O)CN3CCC4=C(C=CCC4)C3)ncn2)C1. The quantitative estimate of drug-likeness (QED) is 0.516. The maximum atomic E-state index is 12.5. The Kier molecular flexibility index (Phi) is 7.72. The molecule has 1 aromatic rings. The van der Waals surface area contributed by atoms with Crippen LogP contribution < -0.4 is 10.6 Å². The van der Waals surface area contributed by atoms with Gasteiger partial charge in [-0.1, -0.05) is 24.6 Å². The van der Waals surface area contributed by atoms with Crippen LogP contribution in [-0.4, -0.2) is 88.1 Å². The van der Waals surface area contributed by atoms with Crippen molar-refractivity contribution >= 4 is 17.6 Å². The number of nitrogens with one attached hydrogen (secondary N) is 2. The van der Waals surface area contributed by atoms with Crippen LogP contribution in [0.2, 0.25) is 0 Å². The topological polar surface area (TPSA) is 111 Å². The van der Waals surface area contributed by atoms with Gasteiger partial charge in [-0.3, -0.25) is 14.5 Å². The molecule has 1 aliphatic carbocycles. The van der Waals surface area contributed by atoms with E-state index in [9.17, 15) is 14.7 Å². The van der Waals surface area contributed by atoms with Crippen LogP contribution in [0, 0.1) is 0 Å². The lowest BCUT2D eigenvalue weighted by Gasteiger charge is -2.39. The number of allylic oxidation sites excluding steroid dienone is 1. The number of aliphatic hydroxyl groups is 1. The molecule has 9 heteroatoms. The van der Waals surface area contributed by atoms with E-state index in [-0.39, 0.29) is 30.1 Å². The summed E-state index contributed by atoms with van der Waals surface area (Å²) in [4.78, 5) is 36.7. The van der Waals surface area contributed by atoms with E-state index in [0.717, 1.165) is 38.8 Å². The zero-order chi connectivity index (χ0) is 23.2. The molecule has 9 nitrogen and oxygen atoms in total. The van der Waals surface area contributed by atoms with Crippen LogP contribution in [0.3, 0.4) is 0 Å². The van der Waals surface area contributed by atoms with Gasteiger partial charge in [0.2, 0.25) is 5.91 Å². The molecule has 0 unspecified atom stereocenters. The summed E-state index contributed by atoms with van der Waals surface area (Å²) in [5.74, 6) is 0.390. The number of aromatic nitrogens is 2. The van der Waals surface area contributed by atoms with Crippen molar-refractivity contribution in [2.75, 3.05) is 44.6 Å². The predicted octanol–water partition coefficient (Wildman–Crippen LogP) is 1.34. The maximum Gasteiger partial charge on any atom is 0.270 e. The highest BCUT2D eigenvalue weighted by Crippen LogP contribution is 2.26. The number of β-amino-alcohol motifs (C(OH)–C–C–N with tert-alkyl or cyclic N) is 1. The summed E-state index contributed by atoms with van der Waals surface area (Å²) in [5.41, 5.74) is 3.18. The molecule has 0 aromatic carbocycles. The van der Waals surface area contributed by atoms with Crippen LogP contribution >= 0.6 is 0 Å². The van der Waals surface area contributed by atoms with Crippen molar-refractivity contribution in [2.24, 2.45) is 0 Å². The van der Waals surface area contributed by atoms with Gasteiger partial charge in [-0.25, -0.2) is 9.97 Å². The fourth-order valence-electron chi connectivity index (χ4n) is 4.56. The van der Waals surface area contributed by atoms with Gasteiger partial charge >= 0.3 is 0 Å². The van der Waals surface area contributed by atoms with Gasteiger partial charge in [0.05, 0.1) is 12.1 Å². The van der Waals surface area contributed by atoms with E-state index in [1.165, 1.54) is 11.9 Å². The molecule has 0 spiro atoms. The Morgan fingerprint density at radius 1 is 1.27 bits per heavy atom. The normalized spacial score (nSPS) is 19.6. The molecule has 178 valence electrons. The second-order valence-electron chi connectivity index (χ2n) is 9.10. The molecule has 3 N–H and O–H groups in total. The number of anilines is 1. The first-order valence-electron chi connectivity index (χ1n) is 11.9. The van der Waals surface area contributed by atoms with Crippen molar-refractivity contribution in [2.45, 2.75) is 51.2 Å². The van der Waals surface area contributed by atoms with Crippen LogP contribution in [-0.2, 0) is 4.79 Å². The summed E-state index contributed by atoms with van der Waals surface area (Å²) in [6, 6.07) is 1.73. The van der Waals surface area contributed by atoms with E-state index in [1.807, 2.05) is 11.8 Å². The predicted molar refractivity (Wildman–Crippen MR) is 126 cm³/mol. The zero-order valence-electron chi connectivity index (χ0n) is 19.3. The second-order valence-corrected chi connectivity index (χ2v) is 9.10. The smallest absolute Gasteiger partial charge is 0.270 e. The van der Waals surface area contributed by atoms with Crippen LogP contribution in [0.1, 0.15) is 49.5 Å². The number of rotatable bonds is 9. The Bertz CT molecular complexity index is 925. The number of nitrogens with zero attached hydrogens (tertiary/aromatic N) is 4. The molecular formula is C24H34N6O3. The molecule has 2 amide bonds. The van der Waals surface area contributed by atoms with E-state index in [1.54, 1.807) is 11.6 Å². The number of hydrogen-bond acceptors (Lipinski definition) is 7. The monoisotopic (exact) mass is 454 g/mol. The lowest BCUT2D eigenvalue weighted by atomic mass is 9.91. The summed E-state index contributed by atoms with van der Waals surface area (Å²) in [5, 5.41) is 16.5. The number of hydrogen-bond donors (Lipinski definition) is 3. The van der Waals surface area contributed by atoms with E-state index in [4.69, 9.17) is 0 Å². The first-order chi connectivity index (χ1) is 16.0. The molecule has 33 heavy (non-hydrogen) atoms. The number of likely N-dealkylation sites (tertiary alicyclic amines) is 1. The summed E-state index contributed by atoms with van der Waals surface area (Å²) >= 11 is 0. The molecule has 1 fully saturated rings. The molecule has 2 aliphatic heterocycles. The lowest BCUT2D eigenvalue weighted by Crippen LogP contribution is -2.57. The highest BCUT2D eigenvalue weighted by molar-refractivity contribution is 5.92. The second kappa shape index (κ2) is 10.9. The maximum absolute atomic E-state index is 12.5. The Morgan fingerprint density at radius 2 is 2.12 bits per heavy atom. The zero-order valence-corrected chi connectivity index (χ0v) is 19.3. The average Bonchev–Trinajstić information content (AvgIpc) is 2.79. The highest BCUT2D eigenvalue weighted by Gasteiger charge is 2.30. The standard InChI is InChI=1S/C24H34N6O3/c1-2-5-23(32)30-13-19(14-30)28-22-10-21(26-16-27-22)24(33)25-11-20(31)15-29-9-8-17-6-3-4-7-18(17)12-29/h4,7,10,16,19-20,31H,2-3,5-6,8-9,11-15H2,1H3,(H,25,33)(H,26,27,28)/t20-/m0/s1. The molecule has 0 radical (unpaired) electrons. The van der Waals surface area contributed by atoms with Crippen molar-refractivity contribution in [3.63, 3.8) is 0 Å². The molecule has 1 saturated heterocycles. The van der Waals surface area contributed by atoms with E-state index in [0.29, 0.717) is 31.9 Å². The first kappa shape index (κ1) is 23.4. The van der Waals surface area contributed by atoms with Gasteiger partial charge < -0.3 is 20.6 Å². The Morgan fingerprint density at radius 3 is 2.94 bits per heavy atom. The van der Waals surface area contributed by atoms with Gasteiger partial charge in [-0.05, 0) is 31.3 Å². The van der Waals surface area contributed by atoms with Gasteiger partial charge in [-0.15, -0.1) is 0 Å². The Balaban J connectivity index is 1.20. The average molecular weight is 455 g/mol. The van der Waals surface area contributed by atoms with Crippen molar-refractivity contribution in [1.29, 1.82) is 0 Å². The molecule has 0 bridgehead atoms. The van der Waals surface area contributed by atoms with Gasteiger partial charge in [0, 0.05) is 51.8 Å². The Hall–Kier alpha value is -2.78. The minimum Gasteiger partial charge on any atom is -0.390 e. The molecular weight excluding hydrogens is 420 g/mol. The molecule has 1 aromatic heterocycles. The Labute approximate surface area is 195 Å². The van der Waals surface area contributed by atoms with E-state index < -0.39 is 6.10 Å². The van der Waals surface area contributed by atoms with Gasteiger partial charge in [-0.2, -0.15) is 0 Å². The summed E-state index contributed by atoms with van der Waals surface area (Å²) in [6.45, 7) is 5.77. The molecule has 4 rings (SSSR count). The van der Waals surface area contributed by atoms with Crippen LogP contribution in [0.5, 0.6) is 0 Å². The van der Waals surface area contributed by atoms with Crippen molar-refractivity contribution < 1.29 is 14.7 Å². The largest absolute Gasteiger partial charge is 0.390 e. The van der Waals surface area contributed by atoms with Crippen molar-refractivity contribution in [1.82, 2.24) is 25.1 Å². The molecule has 1 atom stereocenters. The first-order valence-corrected chi connectivity index (χ1v) is 11.9. The number of amides is 2. The number of carbonyl (C=O) groups excluding carboxylic acids is 2. The van der Waals surface area contributed by atoms with Crippen LogP contribution in [0.15, 0.2) is 35.7 Å². The number of carbonyl (C=O) groups is 2. The summed E-state index contributed by atoms with van der Waals surface area (Å²) in [6.07, 6.45) is 9.90. The molecule has 0 saturated carbocycles. The van der Waals surface area contributed by atoms with Gasteiger partial charge in [0.1, 0.15) is 17.8 Å². The third-order valence-electron chi connectivity index (χ3n) is 6.43. The third-order valence-corrected chi connectivity index (χ3v) is 6.43. The highest BCUT2D eigenvalue weighted by atomic mass is 16.3. The van der Waals surface area contributed by atoms with Gasteiger partial charge in [0.15, 0.2) is 0 Å². The lowest BCUT2D eigenvalue weighted by molar-refractivity contribution is -0.135. The van der Waals surface area contributed by atoms with Crippen LogP contribution in [0.25, 0.3) is 0 Å². The third kappa shape index (κ3) is 6.17. The van der Waals surface area contributed by atoms with Gasteiger partial charge in [0.25, 0.3) is 5.91 Å². The van der Waals surface area contributed by atoms with Crippen molar-refractivity contribution in [3.8, 4) is 0 Å². The van der Waals surface area contributed by atoms with E-state index in [2.05, 4.69) is 37.7 Å². The minimum absolute atomic E-state index is 0.123. The fourth-order valence-corrected chi connectivity index (χ4v) is 4.56. The van der Waals surface area contributed by atoms with E-state index >= 15 is 0 Å².